The number of hydrogen-bond acceptors (Lipinski definition) is 2. The van der Waals surface area contributed by atoms with E-state index in [0.717, 1.165) is 12.0 Å². The van der Waals surface area contributed by atoms with Gasteiger partial charge in [0.05, 0.1) is 7.11 Å². The van der Waals surface area contributed by atoms with Gasteiger partial charge in [0.1, 0.15) is 5.75 Å². The van der Waals surface area contributed by atoms with Crippen LogP contribution < -0.4 is 4.74 Å². The van der Waals surface area contributed by atoms with Crippen LogP contribution in [0.2, 0.25) is 0 Å². The fourth-order valence-corrected chi connectivity index (χ4v) is 2.24. The molecule has 2 aromatic rings. The second kappa shape index (κ2) is 6.19. The highest BCUT2D eigenvalue weighted by molar-refractivity contribution is 6.01. The van der Waals surface area contributed by atoms with E-state index in [1.807, 2.05) is 55.5 Å². The molecule has 0 amide bonds. The number of carbonyl (C=O) groups is 1. The number of Topliss-reactive ketones (excluding diaryl/α,β-unsaturated/α-hetero) is 1. The number of benzene rings is 2. The predicted molar refractivity (Wildman–Crippen MR) is 76.8 cm³/mol. The van der Waals surface area contributed by atoms with Gasteiger partial charge < -0.3 is 4.74 Å². The van der Waals surface area contributed by atoms with E-state index < -0.39 is 0 Å². The topological polar surface area (TPSA) is 26.3 Å². The minimum atomic E-state index is -0.0895. The van der Waals surface area contributed by atoms with Crippen LogP contribution in [-0.2, 0) is 0 Å². The second-order valence-corrected chi connectivity index (χ2v) is 4.47. The summed E-state index contributed by atoms with van der Waals surface area (Å²) in [7, 11) is 1.61. The van der Waals surface area contributed by atoms with Crippen LogP contribution in [0, 0.1) is 0 Å². The van der Waals surface area contributed by atoms with Gasteiger partial charge in [-0.2, -0.15) is 0 Å². The van der Waals surface area contributed by atoms with Crippen molar-refractivity contribution in [2.24, 2.45) is 0 Å². The molecule has 0 aliphatic rings. The molecule has 98 valence electrons. The molecule has 0 aliphatic heterocycles. The first-order chi connectivity index (χ1) is 9.26. The molecule has 1 atom stereocenters. The number of ether oxygens (including phenoxy) is 1. The summed E-state index contributed by atoms with van der Waals surface area (Å²) in [4.78, 5) is 12.6. The first kappa shape index (κ1) is 13.3. The van der Waals surface area contributed by atoms with Gasteiger partial charge in [0.15, 0.2) is 5.78 Å². The summed E-state index contributed by atoms with van der Waals surface area (Å²) >= 11 is 0. The number of carbonyl (C=O) groups excluding carboxylic acids is 1. The van der Waals surface area contributed by atoms with Crippen molar-refractivity contribution in [3.63, 3.8) is 0 Å². The van der Waals surface area contributed by atoms with Crippen molar-refractivity contribution < 1.29 is 9.53 Å². The molecule has 19 heavy (non-hydrogen) atoms. The lowest BCUT2D eigenvalue weighted by atomic mass is 9.88. The van der Waals surface area contributed by atoms with Crippen LogP contribution >= 0.6 is 0 Å². The van der Waals surface area contributed by atoms with E-state index in [9.17, 15) is 4.79 Å². The van der Waals surface area contributed by atoms with Gasteiger partial charge in [-0.1, -0.05) is 49.4 Å². The first-order valence-corrected chi connectivity index (χ1v) is 6.49. The molecule has 0 spiro atoms. The average molecular weight is 254 g/mol. The first-order valence-electron chi connectivity index (χ1n) is 6.49. The molecule has 2 aromatic carbocycles. The van der Waals surface area contributed by atoms with E-state index in [4.69, 9.17) is 4.74 Å². The smallest absolute Gasteiger partial charge is 0.170 e. The van der Waals surface area contributed by atoms with Gasteiger partial charge in [0.2, 0.25) is 0 Å². The van der Waals surface area contributed by atoms with Gasteiger partial charge in [0, 0.05) is 11.5 Å². The number of hydrogen-bond donors (Lipinski definition) is 0. The van der Waals surface area contributed by atoms with E-state index in [-0.39, 0.29) is 11.7 Å². The highest BCUT2D eigenvalue weighted by Crippen LogP contribution is 2.25. The van der Waals surface area contributed by atoms with Crippen molar-refractivity contribution in [2.45, 2.75) is 19.3 Å². The van der Waals surface area contributed by atoms with Crippen molar-refractivity contribution >= 4 is 5.78 Å². The third-order valence-electron chi connectivity index (χ3n) is 3.28. The number of methoxy groups -OCH3 is 1. The van der Waals surface area contributed by atoms with E-state index in [1.54, 1.807) is 13.2 Å². The highest BCUT2D eigenvalue weighted by Gasteiger charge is 2.20. The van der Waals surface area contributed by atoms with Crippen molar-refractivity contribution in [3.8, 4) is 5.75 Å². The zero-order chi connectivity index (χ0) is 13.7. The maximum atomic E-state index is 12.6. The van der Waals surface area contributed by atoms with Gasteiger partial charge in [0.25, 0.3) is 0 Å². The quantitative estimate of drug-likeness (QED) is 0.752. The summed E-state index contributed by atoms with van der Waals surface area (Å²) < 4.78 is 5.17. The number of ketones is 1. The third kappa shape index (κ3) is 3.02. The molecule has 0 aliphatic carbocycles. The van der Waals surface area contributed by atoms with Crippen molar-refractivity contribution in [2.75, 3.05) is 7.11 Å². The summed E-state index contributed by atoms with van der Waals surface area (Å²) in [5.41, 5.74) is 1.77. The van der Waals surface area contributed by atoms with E-state index >= 15 is 0 Å². The Hall–Kier alpha value is -2.09. The Balaban J connectivity index is 2.30. The molecule has 0 saturated heterocycles. The molecule has 0 unspecified atom stereocenters. The molecular weight excluding hydrogens is 236 g/mol. The zero-order valence-corrected chi connectivity index (χ0v) is 11.3. The normalized spacial score (nSPS) is 11.9. The van der Waals surface area contributed by atoms with Crippen LogP contribution in [0.4, 0.5) is 0 Å². The summed E-state index contributed by atoms with van der Waals surface area (Å²) in [6.07, 6.45) is 0.792. The van der Waals surface area contributed by atoms with Gasteiger partial charge in [-0.05, 0) is 24.1 Å². The zero-order valence-electron chi connectivity index (χ0n) is 11.3. The van der Waals surface area contributed by atoms with Crippen LogP contribution in [-0.4, -0.2) is 12.9 Å². The van der Waals surface area contributed by atoms with Crippen LogP contribution in [0.5, 0.6) is 5.75 Å². The Labute approximate surface area is 114 Å². The maximum absolute atomic E-state index is 12.6. The van der Waals surface area contributed by atoms with Crippen molar-refractivity contribution in [1.82, 2.24) is 0 Å². The van der Waals surface area contributed by atoms with Crippen molar-refractivity contribution in [3.05, 3.63) is 65.7 Å². The lowest BCUT2D eigenvalue weighted by molar-refractivity contribution is 0.0957. The summed E-state index contributed by atoms with van der Waals surface area (Å²) in [6.45, 7) is 2.04. The Bertz CT molecular complexity index is 546. The van der Waals surface area contributed by atoms with Gasteiger partial charge in [-0.25, -0.2) is 0 Å². The summed E-state index contributed by atoms with van der Waals surface area (Å²) in [6, 6.07) is 17.3. The molecule has 0 fully saturated rings. The van der Waals surface area contributed by atoms with Crippen LogP contribution in [0.3, 0.4) is 0 Å². The highest BCUT2D eigenvalue weighted by atomic mass is 16.5. The van der Waals surface area contributed by atoms with Crippen molar-refractivity contribution in [1.29, 1.82) is 0 Å². The van der Waals surface area contributed by atoms with Crippen LogP contribution in [0.1, 0.15) is 35.2 Å². The molecule has 0 bridgehead atoms. The fourth-order valence-electron chi connectivity index (χ4n) is 2.24. The Morgan fingerprint density at radius 3 is 2.47 bits per heavy atom. The number of rotatable bonds is 5. The monoisotopic (exact) mass is 254 g/mol. The minimum Gasteiger partial charge on any atom is -0.497 e. The molecule has 2 nitrogen and oxygen atoms in total. The molecule has 0 heterocycles. The molecular formula is C17H18O2. The fraction of sp³-hybridized carbons (Fsp3) is 0.235. The lowest BCUT2D eigenvalue weighted by Crippen LogP contribution is -2.12. The summed E-state index contributed by atoms with van der Waals surface area (Å²) in [5, 5.41) is 0. The van der Waals surface area contributed by atoms with E-state index in [0.29, 0.717) is 11.3 Å². The lowest BCUT2D eigenvalue weighted by Gasteiger charge is -2.14. The Kier molecular flexibility index (Phi) is 4.35. The molecule has 0 saturated carbocycles. The maximum Gasteiger partial charge on any atom is 0.170 e. The largest absolute Gasteiger partial charge is 0.497 e. The average Bonchev–Trinajstić information content (AvgIpc) is 2.49. The second-order valence-electron chi connectivity index (χ2n) is 4.47. The molecule has 2 rings (SSSR count). The van der Waals surface area contributed by atoms with E-state index in [1.165, 1.54) is 0 Å². The van der Waals surface area contributed by atoms with Crippen LogP contribution in [0.15, 0.2) is 54.6 Å². The third-order valence-corrected chi connectivity index (χ3v) is 3.28. The Morgan fingerprint density at radius 1 is 1.11 bits per heavy atom. The van der Waals surface area contributed by atoms with Gasteiger partial charge >= 0.3 is 0 Å². The molecule has 2 heteroatoms. The van der Waals surface area contributed by atoms with Gasteiger partial charge in [-0.15, -0.1) is 0 Å². The summed E-state index contributed by atoms with van der Waals surface area (Å²) in [5.74, 6) is 0.773. The molecule has 0 N–H and O–H groups in total. The standard InChI is InChI=1S/C17H18O2/c1-3-16(13-8-5-4-6-9-13)17(18)14-10-7-11-15(12-14)19-2/h4-12,16H,3H2,1-2H3/t16-/m0/s1. The Morgan fingerprint density at radius 2 is 1.84 bits per heavy atom. The predicted octanol–water partition coefficient (Wildman–Crippen LogP) is 4.07. The van der Waals surface area contributed by atoms with Crippen LogP contribution in [0.25, 0.3) is 0 Å². The molecule has 0 aromatic heterocycles. The molecule has 0 radical (unpaired) electrons. The SMILES string of the molecule is CC[C@H](C(=O)c1cccc(OC)c1)c1ccccc1. The minimum absolute atomic E-state index is 0.0895. The van der Waals surface area contributed by atoms with E-state index in [2.05, 4.69) is 0 Å². The van der Waals surface area contributed by atoms with Gasteiger partial charge in [-0.3, -0.25) is 4.79 Å².